The summed E-state index contributed by atoms with van der Waals surface area (Å²) in [6.45, 7) is 9.65. The Balaban J connectivity index is 1.56. The molecule has 0 spiro atoms. The number of piperazine rings is 1. The Morgan fingerprint density at radius 3 is 2.84 bits per heavy atom. The molecule has 2 aromatic heterocycles. The van der Waals surface area contributed by atoms with E-state index in [4.69, 9.17) is 8.83 Å². The van der Waals surface area contributed by atoms with Gasteiger partial charge < -0.3 is 13.7 Å². The Kier molecular flexibility index (Phi) is 4.91. The van der Waals surface area contributed by atoms with Crippen LogP contribution in [-0.2, 0) is 4.79 Å². The fraction of sp³-hybridized carbons (Fsp3) is 0.588. The highest BCUT2D eigenvalue weighted by atomic mass is 16.4. The summed E-state index contributed by atoms with van der Waals surface area (Å²) < 4.78 is 10.6. The number of likely N-dealkylation sites (N-methyl/N-ethyl adjacent to an activating group) is 1. The van der Waals surface area contributed by atoms with Crippen LogP contribution < -0.4 is 5.32 Å². The van der Waals surface area contributed by atoms with Crippen LogP contribution in [0.5, 0.6) is 0 Å². The van der Waals surface area contributed by atoms with Gasteiger partial charge in [0.05, 0.1) is 12.8 Å². The molecular weight excluding hydrogens is 322 g/mol. The van der Waals surface area contributed by atoms with Gasteiger partial charge in [-0.1, -0.05) is 25.9 Å². The summed E-state index contributed by atoms with van der Waals surface area (Å²) in [7, 11) is 2.14. The molecule has 1 unspecified atom stereocenters. The third kappa shape index (κ3) is 4.26. The number of carbonyl (C=O) groups excluding carboxylic acids is 1. The third-order valence-corrected chi connectivity index (χ3v) is 4.50. The lowest BCUT2D eigenvalue weighted by Gasteiger charge is -2.45. The molecule has 0 aromatic carbocycles. The van der Waals surface area contributed by atoms with Crippen molar-refractivity contribution in [3.8, 4) is 11.7 Å². The highest BCUT2D eigenvalue weighted by Gasteiger charge is 2.33. The smallest absolute Gasteiger partial charge is 0.322 e. The van der Waals surface area contributed by atoms with E-state index >= 15 is 0 Å². The van der Waals surface area contributed by atoms with E-state index in [1.54, 1.807) is 12.1 Å². The number of hydrogen-bond donors (Lipinski definition) is 1. The van der Waals surface area contributed by atoms with Crippen LogP contribution in [-0.4, -0.2) is 65.2 Å². The van der Waals surface area contributed by atoms with E-state index in [0.717, 1.165) is 19.6 Å². The molecular formula is C17H25N5O3. The molecule has 1 aliphatic rings. The molecule has 0 saturated carbocycles. The van der Waals surface area contributed by atoms with E-state index < -0.39 is 0 Å². The highest BCUT2D eigenvalue weighted by molar-refractivity contribution is 5.90. The summed E-state index contributed by atoms with van der Waals surface area (Å²) >= 11 is 0. The number of anilines is 1. The van der Waals surface area contributed by atoms with Gasteiger partial charge in [-0.2, -0.15) is 0 Å². The van der Waals surface area contributed by atoms with Crippen molar-refractivity contribution in [3.05, 3.63) is 18.4 Å². The molecule has 1 atom stereocenters. The van der Waals surface area contributed by atoms with Crippen molar-refractivity contribution in [2.45, 2.75) is 26.8 Å². The van der Waals surface area contributed by atoms with Crippen molar-refractivity contribution < 1.29 is 13.6 Å². The van der Waals surface area contributed by atoms with Crippen molar-refractivity contribution in [3.63, 3.8) is 0 Å². The zero-order chi connectivity index (χ0) is 18.0. The van der Waals surface area contributed by atoms with Gasteiger partial charge in [0.1, 0.15) is 0 Å². The number of nitrogens with one attached hydrogen (secondary N) is 1. The normalized spacial score (nSPS) is 19.9. The molecule has 2 aromatic rings. The van der Waals surface area contributed by atoms with Crippen molar-refractivity contribution in [2.24, 2.45) is 5.41 Å². The van der Waals surface area contributed by atoms with Gasteiger partial charge in [-0.3, -0.25) is 15.0 Å². The second-order valence-corrected chi connectivity index (χ2v) is 7.54. The average Bonchev–Trinajstić information content (AvgIpc) is 3.19. The standard InChI is InChI=1S/C17H25N5O3/c1-17(2,3)13-10-22(8-7-21(13)4)11-14(23)18-16-20-19-15(25-16)12-6-5-9-24-12/h5-6,9,13H,7-8,10-11H2,1-4H3,(H,18,20,23). The molecule has 25 heavy (non-hydrogen) atoms. The number of amides is 1. The Bertz CT molecular complexity index is 704. The molecule has 1 amide bonds. The first kappa shape index (κ1) is 17.6. The lowest BCUT2D eigenvalue weighted by atomic mass is 9.84. The molecule has 0 aliphatic carbocycles. The lowest BCUT2D eigenvalue weighted by Crippen LogP contribution is -2.57. The van der Waals surface area contributed by atoms with Gasteiger partial charge in [-0.15, -0.1) is 5.10 Å². The first-order chi connectivity index (χ1) is 11.8. The van der Waals surface area contributed by atoms with Gasteiger partial charge >= 0.3 is 6.01 Å². The van der Waals surface area contributed by atoms with Crippen LogP contribution in [0.3, 0.4) is 0 Å². The molecule has 8 heteroatoms. The summed E-state index contributed by atoms with van der Waals surface area (Å²) in [5.74, 6) is 0.555. The number of nitrogens with zero attached hydrogens (tertiary/aromatic N) is 4. The largest absolute Gasteiger partial charge is 0.459 e. The zero-order valence-electron chi connectivity index (χ0n) is 15.2. The second-order valence-electron chi connectivity index (χ2n) is 7.54. The van der Waals surface area contributed by atoms with Crippen LogP contribution >= 0.6 is 0 Å². The van der Waals surface area contributed by atoms with Gasteiger partial charge in [0.2, 0.25) is 5.91 Å². The van der Waals surface area contributed by atoms with Crippen LogP contribution in [0.2, 0.25) is 0 Å². The fourth-order valence-corrected chi connectivity index (χ4v) is 3.14. The topological polar surface area (TPSA) is 87.6 Å². The minimum Gasteiger partial charge on any atom is -0.459 e. The molecule has 3 rings (SSSR count). The summed E-state index contributed by atoms with van der Waals surface area (Å²) in [4.78, 5) is 16.8. The van der Waals surface area contributed by atoms with Gasteiger partial charge in [0, 0.05) is 25.7 Å². The monoisotopic (exact) mass is 347 g/mol. The van der Waals surface area contributed by atoms with E-state index in [1.165, 1.54) is 6.26 Å². The quantitative estimate of drug-likeness (QED) is 0.904. The minimum atomic E-state index is -0.160. The molecule has 136 valence electrons. The zero-order valence-corrected chi connectivity index (χ0v) is 15.2. The van der Waals surface area contributed by atoms with E-state index in [9.17, 15) is 4.79 Å². The maximum atomic E-state index is 12.3. The molecule has 1 fully saturated rings. The Hall–Kier alpha value is -2.19. The summed E-state index contributed by atoms with van der Waals surface area (Å²) in [5, 5.41) is 10.4. The van der Waals surface area contributed by atoms with Crippen molar-refractivity contribution >= 4 is 11.9 Å². The summed E-state index contributed by atoms with van der Waals surface area (Å²) in [6, 6.07) is 3.94. The summed E-state index contributed by atoms with van der Waals surface area (Å²) in [6.07, 6.45) is 1.52. The Morgan fingerprint density at radius 2 is 2.16 bits per heavy atom. The maximum absolute atomic E-state index is 12.3. The van der Waals surface area contributed by atoms with E-state index in [0.29, 0.717) is 18.3 Å². The minimum absolute atomic E-state index is 0.0814. The third-order valence-electron chi connectivity index (χ3n) is 4.50. The molecule has 0 bridgehead atoms. The molecule has 8 nitrogen and oxygen atoms in total. The van der Waals surface area contributed by atoms with E-state index in [-0.39, 0.29) is 23.2 Å². The van der Waals surface area contributed by atoms with Crippen LogP contribution in [0.4, 0.5) is 6.01 Å². The first-order valence-corrected chi connectivity index (χ1v) is 8.43. The second kappa shape index (κ2) is 6.97. The van der Waals surface area contributed by atoms with Gasteiger partial charge in [0.15, 0.2) is 5.76 Å². The molecule has 1 aliphatic heterocycles. The fourth-order valence-electron chi connectivity index (χ4n) is 3.14. The van der Waals surface area contributed by atoms with Crippen LogP contribution in [0.1, 0.15) is 20.8 Å². The van der Waals surface area contributed by atoms with Crippen molar-refractivity contribution in [2.75, 3.05) is 38.5 Å². The number of carbonyl (C=O) groups is 1. The van der Waals surface area contributed by atoms with Crippen molar-refractivity contribution in [1.82, 2.24) is 20.0 Å². The number of furan rings is 1. The molecule has 3 heterocycles. The van der Waals surface area contributed by atoms with E-state index in [1.807, 2.05) is 0 Å². The Morgan fingerprint density at radius 1 is 1.36 bits per heavy atom. The van der Waals surface area contributed by atoms with Crippen LogP contribution in [0.15, 0.2) is 27.2 Å². The first-order valence-electron chi connectivity index (χ1n) is 8.43. The van der Waals surface area contributed by atoms with Crippen molar-refractivity contribution in [1.29, 1.82) is 0 Å². The predicted octanol–water partition coefficient (Wildman–Crippen LogP) is 1.93. The van der Waals surface area contributed by atoms with E-state index in [2.05, 4.69) is 53.1 Å². The SMILES string of the molecule is CN1CCN(CC(=O)Nc2nnc(-c3ccco3)o2)CC1C(C)(C)C. The summed E-state index contributed by atoms with van der Waals surface area (Å²) in [5.41, 5.74) is 0.161. The number of hydrogen-bond acceptors (Lipinski definition) is 7. The Labute approximate surface area is 147 Å². The van der Waals surface area contributed by atoms with Crippen LogP contribution in [0.25, 0.3) is 11.7 Å². The molecule has 0 radical (unpaired) electrons. The molecule has 1 N–H and O–H groups in total. The maximum Gasteiger partial charge on any atom is 0.322 e. The van der Waals surface area contributed by atoms with Gasteiger partial charge in [-0.05, 0) is 24.6 Å². The molecule has 1 saturated heterocycles. The predicted molar refractivity (Wildman–Crippen MR) is 92.9 cm³/mol. The number of aromatic nitrogens is 2. The highest BCUT2D eigenvalue weighted by Crippen LogP contribution is 2.26. The number of rotatable bonds is 4. The average molecular weight is 347 g/mol. The van der Waals surface area contributed by atoms with Gasteiger partial charge in [0.25, 0.3) is 5.89 Å². The van der Waals surface area contributed by atoms with Gasteiger partial charge in [-0.25, -0.2) is 0 Å². The lowest BCUT2D eigenvalue weighted by molar-refractivity contribution is -0.118. The van der Waals surface area contributed by atoms with Crippen LogP contribution in [0, 0.1) is 5.41 Å².